The van der Waals surface area contributed by atoms with Crippen molar-refractivity contribution in [1.82, 2.24) is 10.2 Å². The van der Waals surface area contributed by atoms with Crippen LogP contribution in [-0.2, 0) is 9.59 Å². The van der Waals surface area contributed by atoms with E-state index in [1.807, 2.05) is 4.90 Å². The molecule has 2 fully saturated rings. The Morgan fingerprint density at radius 3 is 2.68 bits per heavy atom. The highest BCUT2D eigenvalue weighted by molar-refractivity contribution is 5.82. The highest BCUT2D eigenvalue weighted by Gasteiger charge is 2.39. The van der Waals surface area contributed by atoms with Crippen LogP contribution in [0.15, 0.2) is 0 Å². The molecule has 1 heterocycles. The molecule has 2 rings (SSSR count). The molecule has 1 aliphatic carbocycles. The Morgan fingerprint density at radius 2 is 2.00 bits per heavy atom. The SMILES string of the molecule is NCCCCCCC(=O)NC1CC(=O)N(C2CC2)C1. The van der Waals surface area contributed by atoms with Gasteiger partial charge in [-0.1, -0.05) is 12.8 Å². The quantitative estimate of drug-likeness (QED) is 0.638. The van der Waals surface area contributed by atoms with Crippen molar-refractivity contribution in [1.29, 1.82) is 0 Å². The van der Waals surface area contributed by atoms with Crippen LogP contribution >= 0.6 is 0 Å². The molecule has 0 aromatic carbocycles. The van der Waals surface area contributed by atoms with Crippen LogP contribution in [0.5, 0.6) is 0 Å². The van der Waals surface area contributed by atoms with E-state index >= 15 is 0 Å². The highest BCUT2D eigenvalue weighted by Crippen LogP contribution is 2.30. The number of hydrogen-bond donors (Lipinski definition) is 2. The van der Waals surface area contributed by atoms with Crippen molar-refractivity contribution in [3.8, 4) is 0 Å². The lowest BCUT2D eigenvalue weighted by Gasteiger charge is -2.16. The van der Waals surface area contributed by atoms with Gasteiger partial charge in [0.05, 0.1) is 6.04 Å². The number of nitrogens with one attached hydrogen (secondary N) is 1. The van der Waals surface area contributed by atoms with Gasteiger partial charge in [0.2, 0.25) is 11.8 Å². The van der Waals surface area contributed by atoms with E-state index in [1.165, 1.54) is 0 Å². The van der Waals surface area contributed by atoms with Crippen molar-refractivity contribution in [2.45, 2.75) is 63.5 Å². The van der Waals surface area contributed by atoms with E-state index in [4.69, 9.17) is 5.73 Å². The minimum absolute atomic E-state index is 0.0321. The normalized spacial score (nSPS) is 22.9. The Bertz CT molecular complexity index is 329. The van der Waals surface area contributed by atoms with Gasteiger partial charge in [0, 0.05) is 25.4 Å². The molecule has 1 saturated carbocycles. The van der Waals surface area contributed by atoms with Crippen molar-refractivity contribution in [3.05, 3.63) is 0 Å². The molecule has 2 aliphatic rings. The van der Waals surface area contributed by atoms with Crippen LogP contribution in [0.3, 0.4) is 0 Å². The molecule has 0 spiro atoms. The largest absolute Gasteiger partial charge is 0.351 e. The van der Waals surface area contributed by atoms with Crippen molar-refractivity contribution in [2.75, 3.05) is 13.1 Å². The van der Waals surface area contributed by atoms with Crippen molar-refractivity contribution < 1.29 is 9.59 Å². The molecule has 19 heavy (non-hydrogen) atoms. The van der Waals surface area contributed by atoms with Crippen molar-refractivity contribution in [3.63, 3.8) is 0 Å². The number of nitrogens with two attached hydrogens (primary N) is 1. The molecule has 1 atom stereocenters. The van der Waals surface area contributed by atoms with Crippen LogP contribution in [0, 0.1) is 0 Å². The van der Waals surface area contributed by atoms with Gasteiger partial charge in [-0.15, -0.1) is 0 Å². The van der Waals surface area contributed by atoms with Gasteiger partial charge in [-0.25, -0.2) is 0 Å². The molecular weight excluding hydrogens is 242 g/mol. The molecule has 0 aromatic heterocycles. The Labute approximate surface area is 114 Å². The molecule has 0 bridgehead atoms. The van der Waals surface area contributed by atoms with Gasteiger partial charge in [0.25, 0.3) is 0 Å². The number of rotatable bonds is 8. The van der Waals surface area contributed by atoms with Gasteiger partial charge < -0.3 is 16.0 Å². The van der Waals surface area contributed by atoms with Crippen molar-refractivity contribution in [2.24, 2.45) is 5.73 Å². The van der Waals surface area contributed by atoms with Crippen LogP contribution in [0.2, 0.25) is 0 Å². The molecule has 1 aliphatic heterocycles. The maximum absolute atomic E-state index is 11.8. The monoisotopic (exact) mass is 267 g/mol. The molecule has 2 amide bonds. The van der Waals surface area contributed by atoms with Crippen LogP contribution in [0.1, 0.15) is 51.4 Å². The first-order valence-electron chi connectivity index (χ1n) is 7.49. The Balaban J connectivity index is 1.59. The number of carbonyl (C=O) groups excluding carboxylic acids is 2. The average molecular weight is 267 g/mol. The summed E-state index contributed by atoms with van der Waals surface area (Å²) in [6, 6.07) is 0.496. The smallest absolute Gasteiger partial charge is 0.225 e. The standard InChI is InChI=1S/C14H25N3O2/c15-8-4-2-1-3-5-13(18)16-11-9-14(19)17(10-11)12-6-7-12/h11-12H,1-10,15H2,(H,16,18). The Kier molecular flexibility index (Phi) is 5.19. The summed E-state index contributed by atoms with van der Waals surface area (Å²) in [5, 5.41) is 2.99. The van der Waals surface area contributed by atoms with Crippen LogP contribution in [0.25, 0.3) is 0 Å². The second-order valence-corrected chi connectivity index (χ2v) is 5.70. The van der Waals surface area contributed by atoms with E-state index in [2.05, 4.69) is 5.32 Å². The third-order valence-electron chi connectivity index (χ3n) is 3.87. The predicted molar refractivity (Wildman–Crippen MR) is 73.4 cm³/mol. The summed E-state index contributed by atoms with van der Waals surface area (Å²) < 4.78 is 0. The second kappa shape index (κ2) is 6.89. The summed E-state index contributed by atoms with van der Waals surface area (Å²) in [7, 11) is 0. The molecule has 5 nitrogen and oxygen atoms in total. The summed E-state index contributed by atoms with van der Waals surface area (Å²) in [6.45, 7) is 1.44. The lowest BCUT2D eigenvalue weighted by molar-refractivity contribution is -0.128. The number of unbranched alkanes of at least 4 members (excludes halogenated alkanes) is 3. The fourth-order valence-electron chi connectivity index (χ4n) is 2.65. The molecule has 1 unspecified atom stereocenters. The summed E-state index contributed by atoms with van der Waals surface area (Å²) in [5.41, 5.74) is 5.42. The summed E-state index contributed by atoms with van der Waals surface area (Å²) in [4.78, 5) is 25.4. The minimum atomic E-state index is 0.0321. The van der Waals surface area contributed by atoms with Crippen LogP contribution in [0.4, 0.5) is 0 Å². The maximum Gasteiger partial charge on any atom is 0.225 e. The predicted octanol–water partition coefficient (Wildman–Crippen LogP) is 0.775. The first-order chi connectivity index (χ1) is 9.20. The van der Waals surface area contributed by atoms with E-state index in [9.17, 15) is 9.59 Å². The summed E-state index contributed by atoms with van der Waals surface area (Å²) >= 11 is 0. The lowest BCUT2D eigenvalue weighted by Crippen LogP contribution is -2.37. The number of amides is 2. The molecule has 3 N–H and O–H groups in total. The van der Waals surface area contributed by atoms with E-state index in [0.29, 0.717) is 25.4 Å². The topological polar surface area (TPSA) is 75.4 Å². The first-order valence-corrected chi connectivity index (χ1v) is 7.49. The lowest BCUT2D eigenvalue weighted by atomic mass is 10.1. The van der Waals surface area contributed by atoms with E-state index in [0.717, 1.165) is 45.1 Å². The fraction of sp³-hybridized carbons (Fsp3) is 0.857. The fourth-order valence-corrected chi connectivity index (χ4v) is 2.65. The average Bonchev–Trinajstić information content (AvgIpc) is 3.14. The van der Waals surface area contributed by atoms with Gasteiger partial charge in [-0.3, -0.25) is 9.59 Å². The van der Waals surface area contributed by atoms with E-state index in [-0.39, 0.29) is 17.9 Å². The zero-order valence-corrected chi connectivity index (χ0v) is 11.6. The number of hydrogen-bond acceptors (Lipinski definition) is 3. The number of carbonyl (C=O) groups is 2. The first kappa shape index (κ1) is 14.3. The maximum atomic E-state index is 11.8. The van der Waals surface area contributed by atoms with Gasteiger partial charge in [0.1, 0.15) is 0 Å². The van der Waals surface area contributed by atoms with Gasteiger partial charge in [-0.05, 0) is 32.2 Å². The van der Waals surface area contributed by atoms with Crippen molar-refractivity contribution >= 4 is 11.8 Å². The minimum Gasteiger partial charge on any atom is -0.351 e. The molecular formula is C14H25N3O2. The van der Waals surface area contributed by atoms with Gasteiger partial charge in [0.15, 0.2) is 0 Å². The summed E-state index contributed by atoms with van der Waals surface area (Å²) in [5.74, 6) is 0.291. The van der Waals surface area contributed by atoms with Gasteiger partial charge in [-0.2, -0.15) is 0 Å². The zero-order valence-electron chi connectivity index (χ0n) is 11.6. The van der Waals surface area contributed by atoms with Crippen LogP contribution in [-0.4, -0.2) is 41.9 Å². The van der Waals surface area contributed by atoms with E-state index in [1.54, 1.807) is 0 Å². The van der Waals surface area contributed by atoms with Crippen LogP contribution < -0.4 is 11.1 Å². The van der Waals surface area contributed by atoms with Gasteiger partial charge >= 0.3 is 0 Å². The molecule has 5 heteroatoms. The molecule has 1 saturated heterocycles. The third-order valence-corrected chi connectivity index (χ3v) is 3.87. The van der Waals surface area contributed by atoms with E-state index < -0.39 is 0 Å². The Morgan fingerprint density at radius 1 is 1.26 bits per heavy atom. The molecule has 108 valence electrons. The zero-order chi connectivity index (χ0) is 13.7. The number of nitrogens with zero attached hydrogens (tertiary/aromatic N) is 1. The summed E-state index contributed by atoms with van der Waals surface area (Å²) in [6.07, 6.45) is 7.42. The molecule has 0 aromatic rings. The Hall–Kier alpha value is -1.10. The highest BCUT2D eigenvalue weighted by atomic mass is 16.2. The molecule has 0 radical (unpaired) electrons. The third kappa shape index (κ3) is 4.49. The second-order valence-electron chi connectivity index (χ2n) is 5.70. The number of likely N-dealkylation sites (tertiary alicyclic amines) is 1.